The number of piperidine rings is 1. The fourth-order valence-corrected chi connectivity index (χ4v) is 2.67. The molecule has 2 amide bonds. The van der Waals surface area contributed by atoms with Crippen LogP contribution in [0.25, 0.3) is 0 Å². The van der Waals surface area contributed by atoms with Gasteiger partial charge in [-0.1, -0.05) is 13.8 Å². The molecule has 0 bridgehead atoms. The van der Waals surface area contributed by atoms with Crippen LogP contribution < -0.4 is 11.1 Å². The average Bonchev–Trinajstić information content (AvgIpc) is 2.85. The topological polar surface area (TPSA) is 84.7 Å². The first-order chi connectivity index (χ1) is 9.49. The van der Waals surface area contributed by atoms with E-state index in [2.05, 4.69) is 5.32 Å². The minimum absolute atomic E-state index is 0.00305. The van der Waals surface area contributed by atoms with E-state index < -0.39 is 0 Å². The summed E-state index contributed by atoms with van der Waals surface area (Å²) in [4.78, 5) is 25.8. The van der Waals surface area contributed by atoms with Gasteiger partial charge in [-0.3, -0.25) is 9.59 Å². The van der Waals surface area contributed by atoms with Crippen LogP contribution in [0.1, 0.15) is 26.7 Å². The Bertz CT molecular complexity index is 365. The van der Waals surface area contributed by atoms with Crippen LogP contribution in [-0.2, 0) is 14.3 Å². The number of nitrogens with two attached hydrogens (primary N) is 1. The lowest BCUT2D eigenvalue weighted by molar-refractivity contribution is -0.137. The van der Waals surface area contributed by atoms with Crippen LogP contribution in [0.15, 0.2) is 0 Å². The van der Waals surface area contributed by atoms with Crippen molar-refractivity contribution in [2.45, 2.75) is 38.8 Å². The van der Waals surface area contributed by atoms with Crippen molar-refractivity contribution in [1.29, 1.82) is 0 Å². The SMILES string of the molecule is CC(C)C(=O)NC1CCN(C(=O)C2COCC2N)CC1. The third-order valence-electron chi connectivity index (χ3n) is 4.12. The Balaban J connectivity index is 1.79. The maximum Gasteiger partial charge on any atom is 0.229 e. The second-order valence-corrected chi connectivity index (χ2v) is 6.07. The smallest absolute Gasteiger partial charge is 0.229 e. The van der Waals surface area contributed by atoms with Gasteiger partial charge in [0.25, 0.3) is 0 Å². The van der Waals surface area contributed by atoms with Gasteiger partial charge in [-0.25, -0.2) is 0 Å². The molecule has 2 rings (SSSR count). The first kappa shape index (κ1) is 15.3. The van der Waals surface area contributed by atoms with E-state index in [1.807, 2.05) is 18.7 Å². The molecular formula is C14H25N3O3. The third kappa shape index (κ3) is 3.49. The number of carbonyl (C=O) groups excluding carboxylic acids is 2. The summed E-state index contributed by atoms with van der Waals surface area (Å²) in [6, 6.07) is 0.00307. The highest BCUT2D eigenvalue weighted by molar-refractivity contribution is 5.80. The van der Waals surface area contributed by atoms with E-state index in [4.69, 9.17) is 10.5 Å². The van der Waals surface area contributed by atoms with Crippen molar-refractivity contribution in [3.63, 3.8) is 0 Å². The number of rotatable bonds is 3. The molecule has 6 nitrogen and oxygen atoms in total. The van der Waals surface area contributed by atoms with Gasteiger partial charge < -0.3 is 20.7 Å². The van der Waals surface area contributed by atoms with Gasteiger partial charge in [0, 0.05) is 31.1 Å². The van der Waals surface area contributed by atoms with Crippen molar-refractivity contribution >= 4 is 11.8 Å². The van der Waals surface area contributed by atoms with Crippen molar-refractivity contribution in [1.82, 2.24) is 10.2 Å². The molecule has 20 heavy (non-hydrogen) atoms. The molecule has 2 atom stereocenters. The summed E-state index contributed by atoms with van der Waals surface area (Å²) in [5.74, 6) is -0.00951. The molecular weight excluding hydrogens is 258 g/mol. The van der Waals surface area contributed by atoms with Gasteiger partial charge in [0.2, 0.25) is 11.8 Å². The molecule has 114 valence electrons. The molecule has 0 radical (unpaired) electrons. The van der Waals surface area contributed by atoms with Crippen LogP contribution in [-0.4, -0.2) is 55.1 Å². The number of hydrogen-bond acceptors (Lipinski definition) is 4. The molecule has 3 N–H and O–H groups in total. The molecule has 6 heteroatoms. The highest BCUT2D eigenvalue weighted by Gasteiger charge is 2.35. The van der Waals surface area contributed by atoms with Gasteiger partial charge >= 0.3 is 0 Å². The summed E-state index contributed by atoms with van der Waals surface area (Å²) in [5, 5.41) is 3.03. The van der Waals surface area contributed by atoms with Crippen LogP contribution >= 0.6 is 0 Å². The van der Waals surface area contributed by atoms with E-state index in [1.165, 1.54) is 0 Å². The Labute approximate surface area is 120 Å². The summed E-state index contributed by atoms with van der Waals surface area (Å²) in [6.45, 7) is 6.04. The Hall–Kier alpha value is -1.14. The van der Waals surface area contributed by atoms with Crippen molar-refractivity contribution in [2.75, 3.05) is 26.3 Å². The zero-order valence-electron chi connectivity index (χ0n) is 12.3. The van der Waals surface area contributed by atoms with Crippen molar-refractivity contribution < 1.29 is 14.3 Å². The maximum atomic E-state index is 12.3. The number of carbonyl (C=O) groups is 2. The van der Waals surface area contributed by atoms with Crippen molar-refractivity contribution in [2.24, 2.45) is 17.6 Å². The van der Waals surface area contributed by atoms with E-state index in [1.54, 1.807) is 0 Å². The summed E-state index contributed by atoms with van der Waals surface area (Å²) in [6.07, 6.45) is 1.63. The van der Waals surface area contributed by atoms with E-state index in [-0.39, 0.29) is 35.7 Å². The first-order valence-corrected chi connectivity index (χ1v) is 7.41. The Morgan fingerprint density at radius 3 is 2.40 bits per heavy atom. The fourth-order valence-electron chi connectivity index (χ4n) is 2.67. The number of likely N-dealkylation sites (tertiary alicyclic amines) is 1. The number of nitrogens with one attached hydrogen (secondary N) is 1. The van der Waals surface area contributed by atoms with Crippen molar-refractivity contribution in [3.05, 3.63) is 0 Å². The predicted molar refractivity (Wildman–Crippen MR) is 74.9 cm³/mol. The first-order valence-electron chi connectivity index (χ1n) is 7.41. The van der Waals surface area contributed by atoms with Crippen molar-refractivity contribution in [3.8, 4) is 0 Å². The van der Waals surface area contributed by atoms with Gasteiger partial charge in [-0.05, 0) is 12.8 Å². The van der Waals surface area contributed by atoms with Crippen LogP contribution in [0, 0.1) is 11.8 Å². The molecule has 2 unspecified atom stereocenters. The summed E-state index contributed by atoms with van der Waals surface area (Å²) in [5.41, 5.74) is 5.88. The molecule has 0 aliphatic carbocycles. The standard InChI is InChI=1S/C14H25N3O3/c1-9(2)13(18)16-10-3-5-17(6-4-10)14(19)11-7-20-8-12(11)15/h9-12H,3-8,15H2,1-2H3,(H,16,18). The minimum atomic E-state index is -0.197. The summed E-state index contributed by atoms with van der Waals surface area (Å²) in [7, 11) is 0. The van der Waals surface area contributed by atoms with Gasteiger partial charge in [-0.15, -0.1) is 0 Å². The highest BCUT2D eigenvalue weighted by Crippen LogP contribution is 2.19. The number of amides is 2. The fraction of sp³-hybridized carbons (Fsp3) is 0.857. The Morgan fingerprint density at radius 1 is 1.25 bits per heavy atom. The van der Waals surface area contributed by atoms with E-state index in [9.17, 15) is 9.59 Å². The van der Waals surface area contributed by atoms with Gasteiger partial charge in [0.15, 0.2) is 0 Å². The quantitative estimate of drug-likeness (QED) is 0.746. The lowest BCUT2D eigenvalue weighted by atomic mass is 9.99. The molecule has 2 heterocycles. The van der Waals surface area contributed by atoms with E-state index >= 15 is 0 Å². The summed E-state index contributed by atoms with van der Waals surface area (Å²) >= 11 is 0. The zero-order chi connectivity index (χ0) is 14.7. The monoisotopic (exact) mass is 283 g/mol. The van der Waals surface area contributed by atoms with Gasteiger partial charge in [0.1, 0.15) is 0 Å². The van der Waals surface area contributed by atoms with Crippen LogP contribution in [0.4, 0.5) is 0 Å². The Morgan fingerprint density at radius 2 is 1.90 bits per heavy atom. The minimum Gasteiger partial charge on any atom is -0.379 e. The number of nitrogens with zero attached hydrogens (tertiary/aromatic N) is 1. The zero-order valence-corrected chi connectivity index (χ0v) is 12.3. The second kappa shape index (κ2) is 6.54. The molecule has 0 saturated carbocycles. The van der Waals surface area contributed by atoms with Gasteiger partial charge in [0.05, 0.1) is 19.1 Å². The average molecular weight is 283 g/mol. The van der Waals surface area contributed by atoms with Crippen LogP contribution in [0.3, 0.4) is 0 Å². The number of ether oxygens (including phenoxy) is 1. The van der Waals surface area contributed by atoms with Crippen LogP contribution in [0.2, 0.25) is 0 Å². The normalized spacial score (nSPS) is 27.9. The molecule has 2 aliphatic rings. The lowest BCUT2D eigenvalue weighted by Gasteiger charge is -2.34. The second-order valence-electron chi connectivity index (χ2n) is 6.07. The molecule has 0 aromatic rings. The molecule has 2 saturated heterocycles. The number of hydrogen-bond donors (Lipinski definition) is 2. The molecule has 2 aliphatic heterocycles. The van der Waals surface area contributed by atoms with Crippen LogP contribution in [0.5, 0.6) is 0 Å². The Kier molecular flexibility index (Phi) is 4.99. The maximum absolute atomic E-state index is 12.3. The predicted octanol–water partition coefficient (Wildman–Crippen LogP) is -0.277. The highest BCUT2D eigenvalue weighted by atomic mass is 16.5. The third-order valence-corrected chi connectivity index (χ3v) is 4.12. The van der Waals surface area contributed by atoms with Gasteiger partial charge in [-0.2, -0.15) is 0 Å². The van der Waals surface area contributed by atoms with E-state index in [0.29, 0.717) is 26.3 Å². The molecule has 0 spiro atoms. The van der Waals surface area contributed by atoms with E-state index in [0.717, 1.165) is 12.8 Å². The molecule has 2 fully saturated rings. The molecule has 0 aromatic heterocycles. The lowest BCUT2D eigenvalue weighted by Crippen LogP contribution is -2.50. The largest absolute Gasteiger partial charge is 0.379 e. The molecule has 0 aromatic carbocycles. The summed E-state index contributed by atoms with van der Waals surface area (Å²) < 4.78 is 5.25.